The average molecular weight is 340 g/mol. The highest BCUT2D eigenvalue weighted by atomic mass is 16.6. The molecule has 2 N–H and O–H groups in total. The fraction of sp³-hybridized carbons (Fsp3) is 0.300. The molecule has 0 bridgehead atoms. The molecular formula is C20H20O5. The van der Waals surface area contributed by atoms with Gasteiger partial charge in [-0.15, -0.1) is 0 Å². The Labute approximate surface area is 145 Å². The maximum atomic E-state index is 12.7. The van der Waals surface area contributed by atoms with Crippen molar-refractivity contribution in [2.45, 2.75) is 36.9 Å². The van der Waals surface area contributed by atoms with E-state index < -0.39 is 23.1 Å². The van der Waals surface area contributed by atoms with Crippen LogP contribution >= 0.6 is 0 Å². The second kappa shape index (κ2) is 6.69. The number of carboxylic acid groups (broad SMARTS) is 1. The van der Waals surface area contributed by atoms with Gasteiger partial charge in [-0.2, -0.15) is 0 Å². The normalized spacial score (nSPS) is 16.4. The SMILES string of the molecule is O=C(OC(C(=O)O)(c1ccccc1)c1ccccc1)C1(O)CCCC1. The third kappa shape index (κ3) is 3.03. The second-order valence-corrected chi connectivity index (χ2v) is 6.35. The molecule has 0 spiro atoms. The van der Waals surface area contributed by atoms with Crippen LogP contribution in [0.1, 0.15) is 36.8 Å². The lowest BCUT2D eigenvalue weighted by molar-refractivity contribution is -0.188. The van der Waals surface area contributed by atoms with Crippen molar-refractivity contribution in [3.05, 3.63) is 71.8 Å². The molecule has 2 aromatic carbocycles. The van der Waals surface area contributed by atoms with Crippen molar-refractivity contribution >= 4 is 11.9 Å². The highest BCUT2D eigenvalue weighted by Crippen LogP contribution is 2.38. The lowest BCUT2D eigenvalue weighted by atomic mass is 9.85. The molecule has 1 saturated carbocycles. The first-order valence-electron chi connectivity index (χ1n) is 8.29. The van der Waals surface area contributed by atoms with E-state index in [4.69, 9.17) is 4.74 Å². The number of aliphatic hydroxyl groups is 1. The largest absolute Gasteiger partial charge is 0.478 e. The van der Waals surface area contributed by atoms with E-state index in [2.05, 4.69) is 0 Å². The van der Waals surface area contributed by atoms with Gasteiger partial charge in [0, 0.05) is 11.1 Å². The minimum atomic E-state index is -2.00. The van der Waals surface area contributed by atoms with Crippen LogP contribution in [-0.4, -0.2) is 27.8 Å². The van der Waals surface area contributed by atoms with Gasteiger partial charge < -0.3 is 14.9 Å². The van der Waals surface area contributed by atoms with Crippen molar-refractivity contribution in [1.29, 1.82) is 0 Å². The first kappa shape index (κ1) is 17.2. The van der Waals surface area contributed by atoms with Crippen molar-refractivity contribution in [1.82, 2.24) is 0 Å². The predicted octanol–water partition coefficient (Wildman–Crippen LogP) is 2.86. The Morgan fingerprint density at radius 1 is 0.880 bits per heavy atom. The summed E-state index contributed by atoms with van der Waals surface area (Å²) in [7, 11) is 0. The average Bonchev–Trinajstić information content (AvgIpc) is 3.09. The van der Waals surface area contributed by atoms with Crippen LogP contribution < -0.4 is 0 Å². The lowest BCUT2D eigenvalue weighted by Crippen LogP contribution is -2.47. The number of hydrogen-bond donors (Lipinski definition) is 2. The smallest absolute Gasteiger partial charge is 0.357 e. The molecule has 25 heavy (non-hydrogen) atoms. The summed E-state index contributed by atoms with van der Waals surface area (Å²) in [5, 5.41) is 20.6. The molecule has 0 aliphatic heterocycles. The van der Waals surface area contributed by atoms with E-state index in [0.29, 0.717) is 24.0 Å². The van der Waals surface area contributed by atoms with Crippen LogP contribution in [0.15, 0.2) is 60.7 Å². The number of carbonyl (C=O) groups is 2. The molecule has 130 valence electrons. The van der Waals surface area contributed by atoms with Crippen LogP contribution in [0.25, 0.3) is 0 Å². The van der Waals surface area contributed by atoms with Crippen LogP contribution in [0.4, 0.5) is 0 Å². The Morgan fingerprint density at radius 2 is 1.32 bits per heavy atom. The minimum Gasteiger partial charge on any atom is -0.478 e. The molecule has 0 aromatic heterocycles. The van der Waals surface area contributed by atoms with Gasteiger partial charge in [0.2, 0.25) is 0 Å². The fourth-order valence-corrected chi connectivity index (χ4v) is 3.32. The molecule has 3 rings (SSSR count). The van der Waals surface area contributed by atoms with Crippen LogP contribution in [0.2, 0.25) is 0 Å². The van der Waals surface area contributed by atoms with Gasteiger partial charge in [-0.25, -0.2) is 9.59 Å². The van der Waals surface area contributed by atoms with E-state index in [9.17, 15) is 19.8 Å². The van der Waals surface area contributed by atoms with E-state index >= 15 is 0 Å². The highest BCUT2D eigenvalue weighted by molar-refractivity contribution is 5.89. The maximum Gasteiger partial charge on any atom is 0.357 e. The molecule has 5 heteroatoms. The third-order valence-corrected chi connectivity index (χ3v) is 4.72. The van der Waals surface area contributed by atoms with Crippen LogP contribution in [0, 0.1) is 0 Å². The van der Waals surface area contributed by atoms with E-state index in [1.807, 2.05) is 0 Å². The van der Waals surface area contributed by atoms with Crippen LogP contribution in [-0.2, 0) is 19.9 Å². The van der Waals surface area contributed by atoms with Gasteiger partial charge >= 0.3 is 11.9 Å². The molecule has 0 radical (unpaired) electrons. The zero-order valence-electron chi connectivity index (χ0n) is 13.7. The molecule has 0 atom stereocenters. The quantitative estimate of drug-likeness (QED) is 0.818. The summed E-state index contributed by atoms with van der Waals surface area (Å²) in [4.78, 5) is 25.0. The second-order valence-electron chi connectivity index (χ2n) is 6.35. The molecule has 5 nitrogen and oxygen atoms in total. The van der Waals surface area contributed by atoms with Gasteiger partial charge in [0.1, 0.15) is 0 Å². The summed E-state index contributed by atoms with van der Waals surface area (Å²) >= 11 is 0. The number of rotatable bonds is 5. The van der Waals surface area contributed by atoms with E-state index in [1.165, 1.54) is 0 Å². The van der Waals surface area contributed by atoms with Gasteiger partial charge in [0.05, 0.1) is 0 Å². The van der Waals surface area contributed by atoms with Gasteiger partial charge in [0.25, 0.3) is 5.60 Å². The van der Waals surface area contributed by atoms with E-state index in [-0.39, 0.29) is 12.8 Å². The first-order chi connectivity index (χ1) is 12.0. The van der Waals surface area contributed by atoms with Crippen LogP contribution in [0.3, 0.4) is 0 Å². The molecule has 2 aromatic rings. The Balaban J connectivity index is 2.11. The molecule has 0 saturated heterocycles. The zero-order valence-corrected chi connectivity index (χ0v) is 13.7. The maximum absolute atomic E-state index is 12.7. The number of ether oxygens (including phenoxy) is 1. The number of carbonyl (C=O) groups excluding carboxylic acids is 1. The Bertz CT molecular complexity index is 709. The third-order valence-electron chi connectivity index (χ3n) is 4.72. The molecule has 1 fully saturated rings. The number of benzene rings is 2. The first-order valence-corrected chi connectivity index (χ1v) is 8.29. The van der Waals surface area contributed by atoms with E-state index in [0.717, 1.165) is 0 Å². The minimum absolute atomic E-state index is 0.283. The Morgan fingerprint density at radius 3 is 1.72 bits per heavy atom. The monoisotopic (exact) mass is 340 g/mol. The van der Waals surface area contributed by atoms with Gasteiger partial charge in [0.15, 0.2) is 5.60 Å². The molecule has 0 amide bonds. The molecule has 0 heterocycles. The summed E-state index contributed by atoms with van der Waals surface area (Å²) in [6, 6.07) is 16.7. The predicted molar refractivity (Wildman–Crippen MR) is 90.8 cm³/mol. The van der Waals surface area contributed by atoms with Crippen molar-refractivity contribution in [3.8, 4) is 0 Å². The van der Waals surface area contributed by atoms with Crippen LogP contribution in [0.5, 0.6) is 0 Å². The Kier molecular flexibility index (Phi) is 4.59. The molecule has 0 unspecified atom stereocenters. The number of aliphatic carboxylic acids is 1. The van der Waals surface area contributed by atoms with Crippen molar-refractivity contribution < 1.29 is 24.5 Å². The number of carboxylic acids is 1. The number of hydrogen-bond acceptors (Lipinski definition) is 4. The van der Waals surface area contributed by atoms with E-state index in [1.54, 1.807) is 60.7 Å². The van der Waals surface area contributed by atoms with Gasteiger partial charge in [-0.05, 0) is 25.7 Å². The summed E-state index contributed by atoms with van der Waals surface area (Å²) in [6.07, 6.45) is 1.99. The summed E-state index contributed by atoms with van der Waals surface area (Å²) < 4.78 is 5.57. The summed E-state index contributed by atoms with van der Waals surface area (Å²) in [6.45, 7) is 0. The van der Waals surface area contributed by atoms with Gasteiger partial charge in [-0.3, -0.25) is 0 Å². The Hall–Kier alpha value is -2.66. The molecule has 1 aliphatic rings. The lowest BCUT2D eigenvalue weighted by Gasteiger charge is -2.33. The van der Waals surface area contributed by atoms with Gasteiger partial charge in [-0.1, -0.05) is 60.7 Å². The number of esters is 1. The molecule has 1 aliphatic carbocycles. The molecular weight excluding hydrogens is 320 g/mol. The van der Waals surface area contributed by atoms with Crippen molar-refractivity contribution in [2.24, 2.45) is 0 Å². The fourth-order valence-electron chi connectivity index (χ4n) is 3.32. The summed E-state index contributed by atoms with van der Waals surface area (Å²) in [5.41, 5.74) is -2.98. The summed E-state index contributed by atoms with van der Waals surface area (Å²) in [5.74, 6) is -2.19. The standard InChI is InChI=1S/C20H20O5/c21-17(22)20(15-9-3-1-4-10-15,16-11-5-2-6-12-16)25-18(23)19(24)13-7-8-14-19/h1-6,9-12,24H,7-8,13-14H2,(H,21,22). The topological polar surface area (TPSA) is 83.8 Å². The van der Waals surface area contributed by atoms with Crippen molar-refractivity contribution in [2.75, 3.05) is 0 Å². The highest BCUT2D eigenvalue weighted by Gasteiger charge is 2.51. The van der Waals surface area contributed by atoms with Crippen molar-refractivity contribution in [3.63, 3.8) is 0 Å². The zero-order chi connectivity index (χ0) is 17.9.